The Morgan fingerprint density at radius 2 is 2.31 bits per heavy atom. The van der Waals surface area contributed by atoms with Gasteiger partial charge < -0.3 is 9.72 Å². The number of aromatic amines is 1. The number of rotatable bonds is 2. The lowest BCUT2D eigenvalue weighted by Crippen LogP contribution is -2.02. The zero-order valence-corrected chi connectivity index (χ0v) is 8.36. The van der Waals surface area contributed by atoms with E-state index in [0.717, 1.165) is 17.0 Å². The molecule has 0 bridgehead atoms. The average Bonchev–Trinajstić information content (AvgIpc) is 2.69. The van der Waals surface area contributed by atoms with Gasteiger partial charge in [0.15, 0.2) is 0 Å². The van der Waals surface area contributed by atoms with Crippen molar-refractivity contribution in [2.45, 2.75) is 0 Å². The van der Waals surface area contributed by atoms with Crippen LogP contribution in [0.1, 0.15) is 5.56 Å². The molecule has 78 valence electrons. The molecule has 2 rings (SSSR count). The van der Waals surface area contributed by atoms with Crippen LogP contribution in [0.2, 0.25) is 0 Å². The molecule has 1 N–H and O–H groups in total. The van der Waals surface area contributed by atoms with Crippen molar-refractivity contribution in [2.75, 3.05) is 0 Å². The van der Waals surface area contributed by atoms with Gasteiger partial charge in [-0.1, -0.05) is 6.58 Å². The summed E-state index contributed by atoms with van der Waals surface area (Å²) in [6, 6.07) is 8.88. The molecule has 1 heterocycles. The van der Waals surface area contributed by atoms with Crippen LogP contribution in [0.4, 0.5) is 0 Å². The van der Waals surface area contributed by atoms with E-state index in [-0.39, 0.29) is 0 Å². The van der Waals surface area contributed by atoms with Gasteiger partial charge >= 0.3 is 5.97 Å². The van der Waals surface area contributed by atoms with Crippen LogP contribution >= 0.6 is 0 Å². The molecule has 0 unspecified atom stereocenters. The highest BCUT2D eigenvalue weighted by Gasteiger charge is 2.05. The number of carbonyl (C=O) groups is 1. The number of esters is 1. The average molecular weight is 212 g/mol. The number of nitrogens with zero attached hydrogens (tertiary/aromatic N) is 1. The van der Waals surface area contributed by atoms with Gasteiger partial charge in [-0.05, 0) is 18.2 Å². The SMILES string of the molecule is C=CC(=O)Oc1cc2cc(C#N)ccc2[nH]1. The molecule has 1 aromatic carbocycles. The zero-order valence-electron chi connectivity index (χ0n) is 8.36. The van der Waals surface area contributed by atoms with Crippen LogP contribution in [0.25, 0.3) is 10.9 Å². The number of hydrogen-bond acceptors (Lipinski definition) is 3. The Hall–Kier alpha value is -2.54. The quantitative estimate of drug-likeness (QED) is 0.612. The van der Waals surface area contributed by atoms with Crippen molar-refractivity contribution in [3.8, 4) is 11.9 Å². The maximum Gasteiger partial charge on any atom is 0.336 e. The summed E-state index contributed by atoms with van der Waals surface area (Å²) in [5, 5.41) is 9.55. The van der Waals surface area contributed by atoms with Crippen LogP contribution < -0.4 is 4.74 Å². The lowest BCUT2D eigenvalue weighted by molar-refractivity contribution is -0.129. The van der Waals surface area contributed by atoms with E-state index in [0.29, 0.717) is 11.4 Å². The van der Waals surface area contributed by atoms with Crippen molar-refractivity contribution >= 4 is 16.9 Å². The van der Waals surface area contributed by atoms with E-state index in [9.17, 15) is 4.79 Å². The molecule has 4 nitrogen and oxygen atoms in total. The smallest absolute Gasteiger partial charge is 0.336 e. The molecular weight excluding hydrogens is 204 g/mol. The minimum absolute atomic E-state index is 0.343. The maximum atomic E-state index is 11.0. The number of nitrogens with one attached hydrogen (secondary N) is 1. The first-order valence-corrected chi connectivity index (χ1v) is 4.60. The number of H-pyrrole nitrogens is 1. The molecule has 0 radical (unpaired) electrons. The lowest BCUT2D eigenvalue weighted by atomic mass is 10.2. The first kappa shape index (κ1) is 9.99. The summed E-state index contributed by atoms with van der Waals surface area (Å²) in [5.41, 5.74) is 1.37. The van der Waals surface area contributed by atoms with Crippen LogP contribution in [0, 0.1) is 11.3 Å². The predicted octanol–water partition coefficient (Wildman–Crippen LogP) is 2.13. The second kappa shape index (κ2) is 3.91. The predicted molar refractivity (Wildman–Crippen MR) is 58.8 cm³/mol. The highest BCUT2D eigenvalue weighted by molar-refractivity contribution is 5.86. The first-order chi connectivity index (χ1) is 7.72. The number of carbonyl (C=O) groups excluding carboxylic acids is 1. The van der Waals surface area contributed by atoms with Gasteiger partial charge in [0, 0.05) is 23.0 Å². The number of ether oxygens (including phenoxy) is 1. The standard InChI is InChI=1S/C12H8N2O2/c1-2-12(15)16-11-6-9-5-8(7-13)3-4-10(9)14-11/h2-6,14H,1H2. The zero-order chi connectivity index (χ0) is 11.5. The van der Waals surface area contributed by atoms with Crippen LogP contribution in [-0.4, -0.2) is 11.0 Å². The Kier molecular flexibility index (Phi) is 2.44. The van der Waals surface area contributed by atoms with Crippen LogP contribution in [0.15, 0.2) is 36.9 Å². The summed E-state index contributed by atoms with van der Waals surface area (Å²) >= 11 is 0. The van der Waals surface area contributed by atoms with Crippen molar-refractivity contribution < 1.29 is 9.53 Å². The number of hydrogen-bond donors (Lipinski definition) is 1. The van der Waals surface area contributed by atoms with E-state index >= 15 is 0 Å². The molecule has 4 heteroatoms. The second-order valence-electron chi connectivity index (χ2n) is 3.17. The Morgan fingerprint density at radius 1 is 1.50 bits per heavy atom. The molecule has 0 aliphatic rings. The van der Waals surface area contributed by atoms with Crippen molar-refractivity contribution in [3.63, 3.8) is 0 Å². The van der Waals surface area contributed by atoms with Crippen molar-refractivity contribution in [1.29, 1.82) is 5.26 Å². The third-order valence-electron chi connectivity index (χ3n) is 2.10. The molecule has 0 fully saturated rings. The molecular formula is C12H8N2O2. The van der Waals surface area contributed by atoms with Gasteiger partial charge in [0.05, 0.1) is 11.6 Å². The van der Waals surface area contributed by atoms with E-state index in [2.05, 4.69) is 11.6 Å². The molecule has 2 aromatic rings. The monoisotopic (exact) mass is 212 g/mol. The van der Waals surface area contributed by atoms with E-state index in [1.807, 2.05) is 6.07 Å². The van der Waals surface area contributed by atoms with Gasteiger partial charge in [-0.3, -0.25) is 0 Å². The van der Waals surface area contributed by atoms with Crippen molar-refractivity contribution in [2.24, 2.45) is 0 Å². The fraction of sp³-hybridized carbons (Fsp3) is 0. The molecule has 0 saturated heterocycles. The van der Waals surface area contributed by atoms with Crippen LogP contribution in [-0.2, 0) is 4.79 Å². The molecule has 1 aromatic heterocycles. The van der Waals surface area contributed by atoms with Crippen molar-refractivity contribution in [1.82, 2.24) is 4.98 Å². The molecule has 16 heavy (non-hydrogen) atoms. The Bertz CT molecular complexity index is 605. The number of aromatic nitrogens is 1. The molecule has 0 amide bonds. The Balaban J connectivity index is 2.40. The Labute approximate surface area is 91.8 Å². The number of benzene rings is 1. The fourth-order valence-electron chi connectivity index (χ4n) is 1.38. The van der Waals surface area contributed by atoms with Gasteiger partial charge in [0.1, 0.15) is 0 Å². The second-order valence-corrected chi connectivity index (χ2v) is 3.17. The summed E-state index contributed by atoms with van der Waals surface area (Å²) in [6.07, 6.45) is 1.09. The third kappa shape index (κ3) is 1.79. The summed E-state index contributed by atoms with van der Waals surface area (Å²) in [4.78, 5) is 13.9. The van der Waals surface area contributed by atoms with Crippen molar-refractivity contribution in [3.05, 3.63) is 42.5 Å². The summed E-state index contributed by atoms with van der Waals surface area (Å²) in [7, 11) is 0. The fourth-order valence-corrected chi connectivity index (χ4v) is 1.38. The van der Waals surface area contributed by atoms with E-state index in [1.54, 1.807) is 24.3 Å². The number of fused-ring (bicyclic) bond motifs is 1. The summed E-state index contributed by atoms with van der Waals surface area (Å²) < 4.78 is 4.93. The summed E-state index contributed by atoms with van der Waals surface area (Å²) in [5.74, 6) is -0.179. The number of nitriles is 1. The van der Waals surface area contributed by atoms with Gasteiger partial charge in [-0.15, -0.1) is 0 Å². The topological polar surface area (TPSA) is 65.9 Å². The molecule has 0 saturated carbocycles. The Morgan fingerprint density at radius 3 is 3.00 bits per heavy atom. The van der Waals surface area contributed by atoms with Crippen LogP contribution in [0.5, 0.6) is 5.88 Å². The largest absolute Gasteiger partial charge is 0.406 e. The van der Waals surface area contributed by atoms with E-state index in [1.165, 1.54) is 0 Å². The molecule has 0 aliphatic carbocycles. The minimum atomic E-state index is -0.521. The third-order valence-corrected chi connectivity index (χ3v) is 2.10. The highest BCUT2D eigenvalue weighted by atomic mass is 16.5. The molecule has 0 spiro atoms. The summed E-state index contributed by atoms with van der Waals surface area (Å²) in [6.45, 7) is 3.31. The lowest BCUT2D eigenvalue weighted by Gasteiger charge is -1.94. The maximum absolute atomic E-state index is 11.0. The van der Waals surface area contributed by atoms with Gasteiger partial charge in [-0.2, -0.15) is 5.26 Å². The molecule has 0 atom stereocenters. The van der Waals surface area contributed by atoms with E-state index < -0.39 is 5.97 Å². The molecule has 0 aliphatic heterocycles. The minimum Gasteiger partial charge on any atom is -0.406 e. The van der Waals surface area contributed by atoms with Gasteiger partial charge in [0.2, 0.25) is 5.88 Å². The van der Waals surface area contributed by atoms with Crippen LogP contribution in [0.3, 0.4) is 0 Å². The van der Waals surface area contributed by atoms with Gasteiger partial charge in [-0.25, -0.2) is 4.79 Å². The highest BCUT2D eigenvalue weighted by Crippen LogP contribution is 2.21. The normalized spacial score (nSPS) is 9.69. The van der Waals surface area contributed by atoms with E-state index in [4.69, 9.17) is 10.00 Å². The first-order valence-electron chi connectivity index (χ1n) is 4.60. The van der Waals surface area contributed by atoms with Gasteiger partial charge in [0.25, 0.3) is 0 Å².